The predicted octanol–water partition coefficient (Wildman–Crippen LogP) is 3.96. The minimum absolute atomic E-state index is 0.229. The smallest absolute Gasteiger partial charge is 0.206 e. The number of aromatic nitrogens is 2. The van der Waals surface area contributed by atoms with Crippen LogP contribution in [0.25, 0.3) is 5.52 Å². The summed E-state index contributed by atoms with van der Waals surface area (Å²) in [6.07, 6.45) is 6.67. The maximum atomic E-state index is 8.42. The maximum Gasteiger partial charge on any atom is 0.206 e. The fraction of sp³-hybridized carbons (Fsp3) is 0.375. The number of benzene rings is 1. The van der Waals surface area contributed by atoms with E-state index in [1.54, 1.807) is 23.5 Å². The Balaban J connectivity index is 1.39. The Kier molecular flexibility index (Phi) is 7.54. The summed E-state index contributed by atoms with van der Waals surface area (Å²) in [6, 6.07) is 11.0. The lowest BCUT2D eigenvalue weighted by Crippen LogP contribution is -2.29. The van der Waals surface area contributed by atoms with E-state index in [0.29, 0.717) is 37.0 Å². The molecule has 0 saturated carbocycles. The Bertz CT molecular complexity index is 1080. The third-order valence-electron chi connectivity index (χ3n) is 5.46. The van der Waals surface area contributed by atoms with Crippen molar-refractivity contribution in [3.63, 3.8) is 0 Å². The van der Waals surface area contributed by atoms with Gasteiger partial charge in [0.1, 0.15) is 30.3 Å². The SMILES string of the molecule is CCN(C=N)C(=N)c1cc(Oc2ccc(OCCOC3CCOCC3)cc2)n2cncc2c1. The maximum absolute atomic E-state index is 8.42. The monoisotopic (exact) mass is 451 g/mol. The number of amidine groups is 1. The molecule has 2 N–H and O–H groups in total. The van der Waals surface area contributed by atoms with Gasteiger partial charge >= 0.3 is 0 Å². The average molecular weight is 452 g/mol. The molecule has 3 aromatic rings. The van der Waals surface area contributed by atoms with Gasteiger partial charge in [0, 0.05) is 31.4 Å². The van der Waals surface area contributed by atoms with E-state index < -0.39 is 0 Å². The first-order valence-corrected chi connectivity index (χ1v) is 11.1. The number of hydrogen-bond acceptors (Lipinski definition) is 7. The molecule has 1 aliphatic heterocycles. The van der Waals surface area contributed by atoms with Crippen LogP contribution in [0, 0.1) is 10.8 Å². The Morgan fingerprint density at radius 1 is 1.18 bits per heavy atom. The third kappa shape index (κ3) is 5.68. The molecule has 174 valence electrons. The van der Waals surface area contributed by atoms with Crippen LogP contribution in [-0.2, 0) is 9.47 Å². The van der Waals surface area contributed by atoms with E-state index in [4.69, 9.17) is 29.8 Å². The number of pyridine rings is 1. The number of nitrogens with one attached hydrogen (secondary N) is 2. The summed E-state index contributed by atoms with van der Waals surface area (Å²) in [4.78, 5) is 5.74. The Morgan fingerprint density at radius 3 is 2.67 bits per heavy atom. The van der Waals surface area contributed by atoms with Crippen LogP contribution in [0.4, 0.5) is 0 Å². The normalized spacial score (nSPS) is 14.2. The molecule has 0 spiro atoms. The van der Waals surface area contributed by atoms with Crippen molar-refractivity contribution >= 4 is 17.7 Å². The highest BCUT2D eigenvalue weighted by atomic mass is 16.5. The van der Waals surface area contributed by atoms with E-state index in [9.17, 15) is 0 Å². The van der Waals surface area contributed by atoms with Crippen LogP contribution < -0.4 is 9.47 Å². The molecule has 0 bridgehead atoms. The molecule has 0 aliphatic carbocycles. The molecular formula is C24H29N5O4. The van der Waals surface area contributed by atoms with Crippen molar-refractivity contribution in [1.29, 1.82) is 10.8 Å². The molecule has 0 unspecified atom stereocenters. The van der Waals surface area contributed by atoms with E-state index in [-0.39, 0.29) is 11.9 Å². The second-order valence-electron chi connectivity index (χ2n) is 7.64. The van der Waals surface area contributed by atoms with Gasteiger partial charge in [-0.3, -0.25) is 15.2 Å². The molecule has 1 saturated heterocycles. The van der Waals surface area contributed by atoms with Crippen LogP contribution in [0.5, 0.6) is 17.4 Å². The van der Waals surface area contributed by atoms with Gasteiger partial charge in [0.25, 0.3) is 0 Å². The number of imidazole rings is 1. The zero-order valence-electron chi connectivity index (χ0n) is 18.7. The summed E-state index contributed by atoms with van der Waals surface area (Å²) >= 11 is 0. The van der Waals surface area contributed by atoms with E-state index in [2.05, 4.69) is 4.98 Å². The van der Waals surface area contributed by atoms with Crippen molar-refractivity contribution in [2.45, 2.75) is 25.9 Å². The average Bonchev–Trinajstić information content (AvgIpc) is 3.33. The fourth-order valence-electron chi connectivity index (χ4n) is 3.64. The molecule has 0 amide bonds. The molecule has 4 rings (SSSR count). The van der Waals surface area contributed by atoms with Crippen molar-refractivity contribution in [3.05, 3.63) is 54.5 Å². The van der Waals surface area contributed by atoms with Gasteiger partial charge in [-0.15, -0.1) is 0 Å². The van der Waals surface area contributed by atoms with Crippen LogP contribution in [0.15, 0.2) is 48.9 Å². The highest BCUT2D eigenvalue weighted by Gasteiger charge is 2.15. The van der Waals surface area contributed by atoms with Crippen molar-refractivity contribution < 1.29 is 18.9 Å². The van der Waals surface area contributed by atoms with Gasteiger partial charge in [-0.2, -0.15) is 0 Å². The van der Waals surface area contributed by atoms with E-state index >= 15 is 0 Å². The molecule has 0 atom stereocenters. The summed E-state index contributed by atoms with van der Waals surface area (Å²) in [6.45, 7) is 4.99. The number of hydrogen-bond donors (Lipinski definition) is 2. The lowest BCUT2D eigenvalue weighted by atomic mass is 10.2. The second-order valence-corrected chi connectivity index (χ2v) is 7.64. The van der Waals surface area contributed by atoms with Gasteiger partial charge in [-0.25, -0.2) is 4.98 Å². The molecule has 1 aliphatic rings. The highest BCUT2D eigenvalue weighted by molar-refractivity contribution is 6.03. The fourth-order valence-corrected chi connectivity index (χ4v) is 3.64. The van der Waals surface area contributed by atoms with Crippen molar-refractivity contribution in [3.8, 4) is 17.4 Å². The summed E-state index contributed by atoms with van der Waals surface area (Å²) in [5, 5.41) is 15.9. The topological polar surface area (TPSA) is 105 Å². The molecular weight excluding hydrogens is 422 g/mol. The molecule has 9 nitrogen and oxygen atoms in total. The van der Waals surface area contributed by atoms with Gasteiger partial charge in [-0.1, -0.05) is 0 Å². The Hall–Kier alpha value is -3.43. The zero-order chi connectivity index (χ0) is 23.0. The van der Waals surface area contributed by atoms with Gasteiger partial charge in [0.2, 0.25) is 5.88 Å². The summed E-state index contributed by atoms with van der Waals surface area (Å²) in [5.74, 6) is 2.14. The predicted molar refractivity (Wildman–Crippen MR) is 125 cm³/mol. The zero-order valence-corrected chi connectivity index (χ0v) is 18.7. The highest BCUT2D eigenvalue weighted by Crippen LogP contribution is 2.26. The molecule has 2 aromatic heterocycles. The van der Waals surface area contributed by atoms with Gasteiger partial charge in [0.15, 0.2) is 0 Å². The first-order chi connectivity index (χ1) is 16.2. The van der Waals surface area contributed by atoms with Crippen LogP contribution in [-0.4, -0.2) is 65.5 Å². The number of nitrogens with zero attached hydrogens (tertiary/aromatic N) is 3. The van der Waals surface area contributed by atoms with E-state index in [1.165, 1.54) is 0 Å². The number of fused-ring (bicyclic) bond motifs is 1. The van der Waals surface area contributed by atoms with Crippen molar-refractivity contribution in [2.75, 3.05) is 33.0 Å². The summed E-state index contributed by atoms with van der Waals surface area (Å²) < 4.78 is 24.9. The Labute approximate surface area is 192 Å². The van der Waals surface area contributed by atoms with Crippen LogP contribution in [0.3, 0.4) is 0 Å². The number of rotatable bonds is 10. The van der Waals surface area contributed by atoms with Crippen LogP contribution in [0.2, 0.25) is 0 Å². The molecule has 1 aromatic carbocycles. The number of ether oxygens (including phenoxy) is 4. The molecule has 3 heterocycles. The third-order valence-corrected chi connectivity index (χ3v) is 5.46. The van der Waals surface area contributed by atoms with Gasteiger partial charge in [0.05, 0.1) is 30.8 Å². The Morgan fingerprint density at radius 2 is 1.94 bits per heavy atom. The quantitative estimate of drug-likeness (QED) is 0.275. The summed E-state index contributed by atoms with van der Waals surface area (Å²) in [5.41, 5.74) is 1.45. The summed E-state index contributed by atoms with van der Waals surface area (Å²) in [7, 11) is 0. The van der Waals surface area contributed by atoms with Crippen LogP contribution in [0.1, 0.15) is 25.3 Å². The molecule has 1 fully saturated rings. The standard InChI is InChI=1S/C24H29N5O4/c1-2-28(16-25)24(26)18-13-19-15-27-17-29(19)23(14-18)33-22-5-3-20(4-6-22)31-11-12-32-21-7-9-30-10-8-21/h3-6,13-17,21,25-26H,2,7-12H2,1H3. The largest absolute Gasteiger partial charge is 0.491 e. The lowest BCUT2D eigenvalue weighted by molar-refractivity contribution is -0.0388. The molecule has 33 heavy (non-hydrogen) atoms. The van der Waals surface area contributed by atoms with E-state index in [0.717, 1.165) is 43.7 Å². The first-order valence-electron chi connectivity index (χ1n) is 11.1. The molecule has 0 radical (unpaired) electrons. The minimum Gasteiger partial charge on any atom is -0.491 e. The van der Waals surface area contributed by atoms with Gasteiger partial charge in [-0.05, 0) is 50.1 Å². The van der Waals surface area contributed by atoms with Gasteiger partial charge < -0.3 is 23.8 Å². The van der Waals surface area contributed by atoms with E-state index in [1.807, 2.05) is 41.7 Å². The second kappa shape index (κ2) is 10.9. The van der Waals surface area contributed by atoms with Crippen molar-refractivity contribution in [1.82, 2.24) is 14.3 Å². The lowest BCUT2D eigenvalue weighted by Gasteiger charge is -2.22. The van der Waals surface area contributed by atoms with Crippen molar-refractivity contribution in [2.24, 2.45) is 0 Å². The molecule has 9 heteroatoms. The van der Waals surface area contributed by atoms with Crippen LogP contribution >= 0.6 is 0 Å². The minimum atomic E-state index is 0.229. The first kappa shape index (κ1) is 22.8.